The van der Waals surface area contributed by atoms with Crippen LogP contribution >= 0.6 is 0 Å². The first-order chi connectivity index (χ1) is 14.3. The van der Waals surface area contributed by atoms with E-state index in [0.29, 0.717) is 18.5 Å². The van der Waals surface area contributed by atoms with Crippen LogP contribution in [0.25, 0.3) is 10.8 Å². The minimum atomic E-state index is -4.27. The Morgan fingerprint density at radius 3 is 2.20 bits per heavy atom. The van der Waals surface area contributed by atoms with Gasteiger partial charge in [-0.15, -0.1) is 0 Å². The molecular formula is C21H20N2O5S2. The standard InChI is InChI=1S/C21H20N2O5S2/c24-21(20-12-5-8-16-7-1-2-11-19(16)20)22-29(25,26)17-9-6-10-18(15-17)30(27,28)23-13-3-4-14-23/h1-2,5-12,15H,3-4,13-14H2,(H,22,24). The Labute approximate surface area is 175 Å². The smallest absolute Gasteiger partial charge is 0.265 e. The van der Waals surface area contributed by atoms with E-state index in [0.717, 1.165) is 24.3 Å². The van der Waals surface area contributed by atoms with Gasteiger partial charge in [0.1, 0.15) is 0 Å². The lowest BCUT2D eigenvalue weighted by molar-refractivity contribution is 0.0983. The molecule has 1 aliphatic rings. The van der Waals surface area contributed by atoms with Crippen LogP contribution in [0, 0.1) is 0 Å². The molecule has 1 amide bonds. The number of benzene rings is 3. The summed E-state index contributed by atoms with van der Waals surface area (Å²) >= 11 is 0. The molecule has 0 aliphatic carbocycles. The van der Waals surface area contributed by atoms with Gasteiger partial charge < -0.3 is 0 Å². The lowest BCUT2D eigenvalue weighted by Gasteiger charge is -2.16. The zero-order valence-corrected chi connectivity index (χ0v) is 17.6. The van der Waals surface area contributed by atoms with Gasteiger partial charge in [-0.1, -0.05) is 42.5 Å². The second-order valence-electron chi connectivity index (χ2n) is 7.05. The molecule has 4 rings (SSSR count). The number of nitrogens with zero attached hydrogens (tertiary/aromatic N) is 1. The molecule has 0 spiro atoms. The highest BCUT2D eigenvalue weighted by molar-refractivity contribution is 7.90. The number of rotatable bonds is 5. The third kappa shape index (κ3) is 3.83. The first-order valence-electron chi connectivity index (χ1n) is 9.44. The first-order valence-corrected chi connectivity index (χ1v) is 12.4. The van der Waals surface area contributed by atoms with E-state index >= 15 is 0 Å². The van der Waals surface area contributed by atoms with Crippen molar-refractivity contribution >= 4 is 36.7 Å². The number of carbonyl (C=O) groups excluding carboxylic acids is 1. The lowest BCUT2D eigenvalue weighted by Crippen LogP contribution is -2.31. The highest BCUT2D eigenvalue weighted by atomic mass is 32.2. The molecule has 1 saturated heterocycles. The Hall–Kier alpha value is -2.75. The molecule has 0 unspecified atom stereocenters. The van der Waals surface area contributed by atoms with Gasteiger partial charge in [-0.2, -0.15) is 4.31 Å². The van der Waals surface area contributed by atoms with E-state index in [4.69, 9.17) is 0 Å². The largest absolute Gasteiger partial charge is 0.268 e. The van der Waals surface area contributed by atoms with Gasteiger partial charge in [0.15, 0.2) is 0 Å². The molecule has 1 heterocycles. The lowest BCUT2D eigenvalue weighted by atomic mass is 10.0. The van der Waals surface area contributed by atoms with E-state index in [2.05, 4.69) is 4.72 Å². The molecule has 0 atom stereocenters. The van der Waals surface area contributed by atoms with E-state index in [9.17, 15) is 21.6 Å². The van der Waals surface area contributed by atoms with Gasteiger partial charge in [-0.05, 0) is 47.9 Å². The Balaban J connectivity index is 1.65. The third-order valence-corrected chi connectivity index (χ3v) is 8.30. The van der Waals surface area contributed by atoms with Crippen LogP contribution in [0.2, 0.25) is 0 Å². The van der Waals surface area contributed by atoms with E-state index in [1.807, 2.05) is 18.2 Å². The third-order valence-electron chi connectivity index (χ3n) is 5.08. The van der Waals surface area contributed by atoms with Gasteiger partial charge >= 0.3 is 0 Å². The highest BCUT2D eigenvalue weighted by Crippen LogP contribution is 2.24. The summed E-state index contributed by atoms with van der Waals surface area (Å²) in [6.45, 7) is 0.828. The van der Waals surface area contributed by atoms with E-state index in [-0.39, 0.29) is 15.4 Å². The SMILES string of the molecule is O=C(NS(=O)(=O)c1cccc(S(=O)(=O)N2CCCC2)c1)c1cccc2ccccc12. The Morgan fingerprint density at radius 1 is 0.800 bits per heavy atom. The summed E-state index contributed by atoms with van der Waals surface area (Å²) in [5.41, 5.74) is 0.220. The van der Waals surface area contributed by atoms with Gasteiger partial charge in [-0.3, -0.25) is 4.79 Å². The predicted molar refractivity (Wildman–Crippen MR) is 113 cm³/mol. The number of amides is 1. The molecule has 7 nitrogen and oxygen atoms in total. The van der Waals surface area contributed by atoms with Crippen molar-refractivity contribution in [3.05, 3.63) is 72.3 Å². The fourth-order valence-corrected chi connectivity index (χ4v) is 6.19. The molecule has 3 aromatic carbocycles. The number of carbonyl (C=O) groups is 1. The van der Waals surface area contributed by atoms with Crippen LogP contribution in [0.5, 0.6) is 0 Å². The Morgan fingerprint density at radius 2 is 1.43 bits per heavy atom. The van der Waals surface area contributed by atoms with Crippen LogP contribution in [0.15, 0.2) is 76.5 Å². The maximum absolute atomic E-state index is 12.8. The number of fused-ring (bicyclic) bond motifs is 1. The van der Waals surface area contributed by atoms with Crippen LogP contribution in [0.3, 0.4) is 0 Å². The van der Waals surface area contributed by atoms with Crippen LogP contribution in [-0.2, 0) is 20.0 Å². The summed E-state index contributed by atoms with van der Waals surface area (Å²) in [7, 11) is -8.04. The first kappa shape index (κ1) is 20.5. The van der Waals surface area contributed by atoms with Gasteiger partial charge in [0.05, 0.1) is 9.79 Å². The van der Waals surface area contributed by atoms with Gasteiger partial charge in [0.2, 0.25) is 10.0 Å². The fourth-order valence-electron chi connectivity index (χ4n) is 3.54. The maximum atomic E-state index is 12.8. The van der Waals surface area contributed by atoms with Crippen molar-refractivity contribution < 1.29 is 21.6 Å². The van der Waals surface area contributed by atoms with Crippen LogP contribution in [0.4, 0.5) is 0 Å². The summed E-state index contributed by atoms with van der Waals surface area (Å²) in [6.07, 6.45) is 1.55. The molecule has 3 aromatic rings. The molecule has 1 fully saturated rings. The van der Waals surface area contributed by atoms with E-state index in [1.54, 1.807) is 24.3 Å². The van der Waals surface area contributed by atoms with Crippen molar-refractivity contribution in [2.24, 2.45) is 0 Å². The molecule has 9 heteroatoms. The van der Waals surface area contributed by atoms with Crippen molar-refractivity contribution in [3.8, 4) is 0 Å². The summed E-state index contributed by atoms with van der Waals surface area (Å²) < 4.78 is 54.5. The molecule has 1 aliphatic heterocycles. The number of hydrogen-bond acceptors (Lipinski definition) is 5. The van der Waals surface area contributed by atoms with Gasteiger partial charge in [-0.25, -0.2) is 21.6 Å². The maximum Gasteiger partial charge on any atom is 0.265 e. The topological polar surface area (TPSA) is 101 Å². The van der Waals surface area contributed by atoms with Crippen molar-refractivity contribution in [2.75, 3.05) is 13.1 Å². The number of sulfonamides is 2. The van der Waals surface area contributed by atoms with Crippen LogP contribution < -0.4 is 4.72 Å². The Bertz CT molecular complexity index is 1320. The minimum absolute atomic E-state index is 0.107. The van der Waals surface area contributed by atoms with Crippen molar-refractivity contribution in [3.63, 3.8) is 0 Å². The average molecular weight is 445 g/mol. The minimum Gasteiger partial charge on any atom is -0.268 e. The summed E-state index contributed by atoms with van der Waals surface area (Å²) in [5, 5.41) is 1.43. The zero-order chi connectivity index (χ0) is 21.4. The number of hydrogen-bond donors (Lipinski definition) is 1. The molecule has 156 valence electrons. The molecular weight excluding hydrogens is 424 g/mol. The molecule has 0 aromatic heterocycles. The van der Waals surface area contributed by atoms with Crippen LogP contribution in [0.1, 0.15) is 23.2 Å². The van der Waals surface area contributed by atoms with Crippen molar-refractivity contribution in [1.82, 2.24) is 9.03 Å². The monoisotopic (exact) mass is 444 g/mol. The summed E-state index contributed by atoms with van der Waals surface area (Å²) in [4.78, 5) is 12.3. The molecule has 0 bridgehead atoms. The zero-order valence-electron chi connectivity index (χ0n) is 16.0. The molecule has 30 heavy (non-hydrogen) atoms. The molecule has 1 N–H and O–H groups in total. The normalized spacial score (nSPS) is 15.3. The van der Waals surface area contributed by atoms with E-state index in [1.165, 1.54) is 22.5 Å². The molecule has 0 radical (unpaired) electrons. The summed E-state index contributed by atoms with van der Waals surface area (Å²) in [5.74, 6) is -0.778. The Kier molecular flexibility index (Phi) is 5.35. The fraction of sp³-hybridized carbons (Fsp3) is 0.190. The average Bonchev–Trinajstić information content (AvgIpc) is 3.29. The van der Waals surface area contributed by atoms with Gasteiger partial charge in [0.25, 0.3) is 15.9 Å². The van der Waals surface area contributed by atoms with Crippen molar-refractivity contribution in [2.45, 2.75) is 22.6 Å². The number of nitrogens with one attached hydrogen (secondary N) is 1. The van der Waals surface area contributed by atoms with Gasteiger partial charge in [0, 0.05) is 18.7 Å². The second kappa shape index (κ2) is 7.82. The second-order valence-corrected chi connectivity index (χ2v) is 10.7. The molecule has 0 saturated carbocycles. The predicted octanol–water partition coefficient (Wildman–Crippen LogP) is 2.74. The highest BCUT2D eigenvalue weighted by Gasteiger charge is 2.29. The van der Waals surface area contributed by atoms with Crippen LogP contribution in [-0.4, -0.2) is 40.1 Å². The van der Waals surface area contributed by atoms with E-state index < -0.39 is 26.0 Å². The summed E-state index contributed by atoms with van der Waals surface area (Å²) in [6, 6.07) is 17.3. The quantitative estimate of drug-likeness (QED) is 0.652. The van der Waals surface area contributed by atoms with Crippen molar-refractivity contribution in [1.29, 1.82) is 0 Å².